The van der Waals surface area contributed by atoms with E-state index in [0.29, 0.717) is 0 Å². The molecule has 4 heterocycles. The summed E-state index contributed by atoms with van der Waals surface area (Å²) < 4.78 is 1.91. The molecular weight excluding hydrogens is 404 g/mol. The average molecular weight is 437 g/mol. The van der Waals surface area contributed by atoms with Crippen molar-refractivity contribution < 1.29 is 4.79 Å². The van der Waals surface area contributed by atoms with Gasteiger partial charge in [0.1, 0.15) is 5.52 Å². The maximum Gasteiger partial charge on any atom is 0.223 e. The Morgan fingerprint density at radius 1 is 1.22 bits per heavy atom. The van der Waals surface area contributed by atoms with E-state index in [9.17, 15) is 4.79 Å². The normalized spacial score (nSPS) is 15.0. The number of carbonyl (C=O) groups is 1. The van der Waals surface area contributed by atoms with E-state index >= 15 is 0 Å². The smallest absolute Gasteiger partial charge is 0.223 e. The molecule has 0 radical (unpaired) electrons. The SMILES string of the molecule is Cc1nnc(N2CCC(C(=O)NCCCN(C)C)CC2)c2nn(-c3cccnc3)c(C)c12. The Bertz CT molecular complexity index is 1070. The van der Waals surface area contributed by atoms with Gasteiger partial charge in [-0.15, -0.1) is 5.10 Å². The Hall–Kier alpha value is -3.07. The lowest BCUT2D eigenvalue weighted by molar-refractivity contribution is -0.125. The van der Waals surface area contributed by atoms with E-state index in [2.05, 4.69) is 30.3 Å². The molecule has 32 heavy (non-hydrogen) atoms. The molecule has 1 fully saturated rings. The van der Waals surface area contributed by atoms with Crippen LogP contribution < -0.4 is 10.2 Å². The van der Waals surface area contributed by atoms with Crippen LogP contribution in [-0.4, -0.2) is 76.0 Å². The lowest BCUT2D eigenvalue weighted by Crippen LogP contribution is -2.41. The van der Waals surface area contributed by atoms with Crippen molar-refractivity contribution in [3.05, 3.63) is 35.9 Å². The van der Waals surface area contributed by atoms with Crippen LogP contribution in [0.4, 0.5) is 5.82 Å². The van der Waals surface area contributed by atoms with Crippen LogP contribution in [0.1, 0.15) is 30.7 Å². The number of aryl methyl sites for hydroxylation is 2. The van der Waals surface area contributed by atoms with E-state index in [1.807, 2.05) is 44.8 Å². The van der Waals surface area contributed by atoms with Gasteiger partial charge in [0.05, 0.1) is 28.7 Å². The molecule has 9 nitrogen and oxygen atoms in total. The van der Waals surface area contributed by atoms with Crippen LogP contribution in [0.2, 0.25) is 0 Å². The van der Waals surface area contributed by atoms with Gasteiger partial charge < -0.3 is 15.1 Å². The van der Waals surface area contributed by atoms with Gasteiger partial charge in [-0.3, -0.25) is 9.78 Å². The molecule has 1 amide bonds. The number of nitrogens with one attached hydrogen (secondary N) is 1. The number of hydrogen-bond donors (Lipinski definition) is 1. The third-order valence-corrected chi connectivity index (χ3v) is 6.12. The van der Waals surface area contributed by atoms with Gasteiger partial charge in [0, 0.05) is 31.7 Å². The zero-order valence-corrected chi connectivity index (χ0v) is 19.4. The van der Waals surface area contributed by atoms with Crippen LogP contribution >= 0.6 is 0 Å². The molecular formula is C23H32N8O. The highest BCUT2D eigenvalue weighted by Gasteiger charge is 2.28. The fourth-order valence-electron chi connectivity index (χ4n) is 4.36. The summed E-state index contributed by atoms with van der Waals surface area (Å²) in [6.07, 6.45) is 6.13. The lowest BCUT2D eigenvalue weighted by atomic mass is 9.95. The fourth-order valence-corrected chi connectivity index (χ4v) is 4.36. The zero-order chi connectivity index (χ0) is 22.7. The molecule has 0 unspecified atom stereocenters. The highest BCUT2D eigenvalue weighted by Crippen LogP contribution is 2.31. The number of nitrogens with zero attached hydrogens (tertiary/aromatic N) is 7. The summed E-state index contributed by atoms with van der Waals surface area (Å²) in [5.74, 6) is 1.01. The molecule has 0 bridgehead atoms. The van der Waals surface area contributed by atoms with Gasteiger partial charge in [0.15, 0.2) is 5.82 Å². The van der Waals surface area contributed by atoms with Gasteiger partial charge >= 0.3 is 0 Å². The lowest BCUT2D eigenvalue weighted by Gasteiger charge is -2.32. The molecule has 1 aliphatic rings. The first kappa shape index (κ1) is 22.1. The molecule has 0 aromatic carbocycles. The molecule has 0 aliphatic carbocycles. The van der Waals surface area contributed by atoms with Gasteiger partial charge in [-0.1, -0.05) is 0 Å². The summed E-state index contributed by atoms with van der Waals surface area (Å²) in [5.41, 5.74) is 3.65. The predicted octanol–water partition coefficient (Wildman–Crippen LogP) is 2.11. The van der Waals surface area contributed by atoms with E-state index < -0.39 is 0 Å². The number of anilines is 1. The summed E-state index contributed by atoms with van der Waals surface area (Å²) in [5, 5.41) is 17.9. The third kappa shape index (κ3) is 4.57. The van der Waals surface area contributed by atoms with Crippen molar-refractivity contribution in [2.75, 3.05) is 45.2 Å². The molecule has 170 valence electrons. The van der Waals surface area contributed by atoms with Gasteiger partial charge in [0.2, 0.25) is 5.91 Å². The average Bonchev–Trinajstić information content (AvgIpc) is 3.15. The van der Waals surface area contributed by atoms with Crippen LogP contribution in [0.5, 0.6) is 0 Å². The Kier molecular flexibility index (Phi) is 6.64. The van der Waals surface area contributed by atoms with Crippen molar-refractivity contribution in [2.45, 2.75) is 33.1 Å². The zero-order valence-electron chi connectivity index (χ0n) is 19.4. The van der Waals surface area contributed by atoms with Gasteiger partial charge in [0.25, 0.3) is 0 Å². The molecule has 1 N–H and O–H groups in total. The minimum absolute atomic E-state index is 0.0502. The molecule has 9 heteroatoms. The summed E-state index contributed by atoms with van der Waals surface area (Å²) in [6, 6.07) is 3.89. The van der Waals surface area contributed by atoms with Crippen LogP contribution in [0, 0.1) is 19.8 Å². The monoisotopic (exact) mass is 436 g/mol. The van der Waals surface area contributed by atoms with E-state index in [0.717, 1.165) is 79.2 Å². The standard InChI is InChI=1S/C23H32N8O/c1-16-20-17(2)31(19-7-5-10-24-15-19)28-21(20)22(27-26-16)30-13-8-18(9-14-30)23(32)25-11-6-12-29(3)4/h5,7,10,15,18H,6,8-9,11-14H2,1-4H3,(H,25,32). The molecule has 4 rings (SSSR count). The number of fused-ring (bicyclic) bond motifs is 1. The second-order valence-electron chi connectivity index (χ2n) is 8.75. The Labute approximate surface area is 188 Å². The maximum atomic E-state index is 12.6. The van der Waals surface area contributed by atoms with Crippen molar-refractivity contribution in [1.82, 2.24) is 35.2 Å². The first-order valence-electron chi connectivity index (χ1n) is 11.3. The maximum absolute atomic E-state index is 12.6. The Morgan fingerprint density at radius 3 is 2.69 bits per heavy atom. The molecule has 0 spiro atoms. The van der Waals surface area contributed by atoms with Crippen LogP contribution in [0.25, 0.3) is 16.6 Å². The van der Waals surface area contributed by atoms with Crippen molar-refractivity contribution in [2.24, 2.45) is 5.92 Å². The van der Waals surface area contributed by atoms with Crippen molar-refractivity contribution >= 4 is 22.6 Å². The number of rotatable bonds is 7. The summed E-state index contributed by atoms with van der Waals surface area (Å²) >= 11 is 0. The molecule has 3 aromatic rings. The van der Waals surface area contributed by atoms with Crippen molar-refractivity contribution in [3.63, 3.8) is 0 Å². The van der Waals surface area contributed by atoms with Crippen molar-refractivity contribution in [3.8, 4) is 5.69 Å². The molecule has 1 saturated heterocycles. The predicted molar refractivity (Wildman–Crippen MR) is 125 cm³/mol. The first-order chi connectivity index (χ1) is 15.5. The minimum atomic E-state index is 0.0502. The number of amides is 1. The van der Waals surface area contributed by atoms with E-state index in [1.54, 1.807) is 12.4 Å². The van der Waals surface area contributed by atoms with Gasteiger partial charge in [-0.25, -0.2) is 4.68 Å². The highest BCUT2D eigenvalue weighted by molar-refractivity contribution is 5.92. The largest absolute Gasteiger partial charge is 0.356 e. The summed E-state index contributed by atoms with van der Waals surface area (Å²) in [7, 11) is 4.09. The number of pyridine rings is 1. The summed E-state index contributed by atoms with van der Waals surface area (Å²) in [4.78, 5) is 21.1. The quantitative estimate of drug-likeness (QED) is 0.567. The molecule has 0 atom stereocenters. The van der Waals surface area contributed by atoms with Crippen LogP contribution in [0.3, 0.4) is 0 Å². The molecule has 1 aliphatic heterocycles. The van der Waals surface area contributed by atoms with E-state index in [4.69, 9.17) is 5.10 Å². The topological polar surface area (TPSA) is 92.1 Å². The van der Waals surface area contributed by atoms with Crippen molar-refractivity contribution in [1.29, 1.82) is 0 Å². The van der Waals surface area contributed by atoms with Crippen LogP contribution in [0.15, 0.2) is 24.5 Å². The third-order valence-electron chi connectivity index (χ3n) is 6.12. The van der Waals surface area contributed by atoms with E-state index in [1.165, 1.54) is 0 Å². The van der Waals surface area contributed by atoms with Crippen LogP contribution in [-0.2, 0) is 4.79 Å². The summed E-state index contributed by atoms with van der Waals surface area (Å²) in [6.45, 7) is 7.25. The second kappa shape index (κ2) is 9.60. The second-order valence-corrected chi connectivity index (χ2v) is 8.75. The van der Waals surface area contributed by atoms with Gasteiger partial charge in [-0.05, 0) is 65.9 Å². The minimum Gasteiger partial charge on any atom is -0.356 e. The molecule has 3 aromatic heterocycles. The van der Waals surface area contributed by atoms with E-state index in [-0.39, 0.29) is 11.8 Å². The van der Waals surface area contributed by atoms with Gasteiger partial charge in [-0.2, -0.15) is 10.2 Å². The fraction of sp³-hybridized carbons (Fsp3) is 0.522. The Balaban J connectivity index is 1.48. The highest BCUT2D eigenvalue weighted by atomic mass is 16.1. The Morgan fingerprint density at radius 2 is 2.00 bits per heavy atom. The first-order valence-corrected chi connectivity index (χ1v) is 11.3. The number of aromatic nitrogens is 5. The number of carbonyl (C=O) groups excluding carboxylic acids is 1. The molecule has 0 saturated carbocycles. The number of hydrogen-bond acceptors (Lipinski definition) is 7. The number of piperidine rings is 1.